The molecule has 2 rings (SSSR count). The average molecular weight is 295 g/mol. The molecule has 22 heavy (non-hydrogen) atoms. The van der Waals surface area contributed by atoms with E-state index in [1.54, 1.807) is 0 Å². The Morgan fingerprint density at radius 2 is 1.73 bits per heavy atom. The zero-order valence-electron chi connectivity index (χ0n) is 13.3. The lowest BCUT2D eigenvalue weighted by molar-refractivity contribution is 0.232. The molecule has 0 bridgehead atoms. The molecule has 0 aromatic heterocycles. The summed E-state index contributed by atoms with van der Waals surface area (Å²) in [7, 11) is 0. The van der Waals surface area contributed by atoms with Gasteiger partial charge in [-0.2, -0.15) is 0 Å². The number of aryl methyl sites for hydroxylation is 1. The number of aliphatic hydroxyl groups excluding tert-OH is 1. The predicted octanol–water partition coefficient (Wildman–Crippen LogP) is 3.89. The highest BCUT2D eigenvalue weighted by atomic mass is 16.3. The van der Waals surface area contributed by atoms with Gasteiger partial charge < -0.3 is 5.11 Å². The molecule has 0 aliphatic heterocycles. The van der Waals surface area contributed by atoms with Crippen molar-refractivity contribution in [2.45, 2.75) is 19.9 Å². The van der Waals surface area contributed by atoms with Gasteiger partial charge in [-0.05, 0) is 24.5 Å². The van der Waals surface area contributed by atoms with Crippen molar-refractivity contribution in [2.24, 2.45) is 0 Å². The summed E-state index contributed by atoms with van der Waals surface area (Å²) in [6.45, 7) is 5.06. The van der Waals surface area contributed by atoms with E-state index in [9.17, 15) is 0 Å². The zero-order valence-corrected chi connectivity index (χ0v) is 13.3. The lowest BCUT2D eigenvalue weighted by Crippen LogP contribution is -2.25. The van der Waals surface area contributed by atoms with Crippen LogP contribution in [0.1, 0.15) is 23.1 Å². The molecule has 0 fully saturated rings. The Labute approximate surface area is 133 Å². The Morgan fingerprint density at radius 1 is 1.00 bits per heavy atom. The first kappa shape index (κ1) is 16.5. The van der Waals surface area contributed by atoms with Crippen LogP contribution in [0.3, 0.4) is 0 Å². The fraction of sp³-hybridized carbons (Fsp3) is 0.300. The number of rotatable bonds is 8. The molecule has 0 heterocycles. The van der Waals surface area contributed by atoms with Gasteiger partial charge in [0.1, 0.15) is 0 Å². The fourth-order valence-electron chi connectivity index (χ4n) is 2.38. The third-order valence-electron chi connectivity index (χ3n) is 3.63. The zero-order chi connectivity index (χ0) is 15.6. The summed E-state index contributed by atoms with van der Waals surface area (Å²) in [6.07, 6.45) is 5.16. The first-order valence-corrected chi connectivity index (χ1v) is 7.88. The maximum absolute atomic E-state index is 9.08. The van der Waals surface area contributed by atoms with Crippen LogP contribution in [-0.2, 0) is 6.54 Å². The van der Waals surface area contributed by atoms with Gasteiger partial charge in [0.25, 0.3) is 0 Å². The minimum Gasteiger partial charge on any atom is -0.396 e. The third kappa shape index (κ3) is 5.84. The number of aliphatic hydroxyl groups is 1. The van der Waals surface area contributed by atoms with Crippen molar-refractivity contribution in [2.75, 3.05) is 19.7 Å². The normalized spacial score (nSPS) is 11.4. The second-order valence-electron chi connectivity index (χ2n) is 5.61. The standard InChI is InChI=1S/C20H25NO/c1-18-10-12-20(13-11-18)17-21(15-6-16-22)14-5-9-19-7-3-2-4-8-19/h2-5,7-13,22H,6,14-17H2,1H3. The van der Waals surface area contributed by atoms with Crippen LogP contribution in [0.15, 0.2) is 60.7 Å². The van der Waals surface area contributed by atoms with E-state index in [4.69, 9.17) is 5.11 Å². The summed E-state index contributed by atoms with van der Waals surface area (Å²) in [6, 6.07) is 19.0. The van der Waals surface area contributed by atoms with E-state index < -0.39 is 0 Å². The number of nitrogens with zero attached hydrogens (tertiary/aromatic N) is 1. The van der Waals surface area contributed by atoms with E-state index in [1.807, 2.05) is 6.07 Å². The Hall–Kier alpha value is -1.90. The Morgan fingerprint density at radius 3 is 2.41 bits per heavy atom. The molecule has 0 saturated carbocycles. The topological polar surface area (TPSA) is 23.5 Å². The molecule has 0 aliphatic rings. The molecule has 116 valence electrons. The smallest absolute Gasteiger partial charge is 0.0443 e. The first-order valence-electron chi connectivity index (χ1n) is 7.88. The lowest BCUT2D eigenvalue weighted by Gasteiger charge is -2.20. The molecule has 0 radical (unpaired) electrons. The van der Waals surface area contributed by atoms with Crippen LogP contribution in [0.2, 0.25) is 0 Å². The maximum atomic E-state index is 9.08. The minimum atomic E-state index is 0.243. The van der Waals surface area contributed by atoms with Crippen molar-refractivity contribution in [1.29, 1.82) is 0 Å². The van der Waals surface area contributed by atoms with Crippen molar-refractivity contribution in [3.05, 3.63) is 77.4 Å². The summed E-state index contributed by atoms with van der Waals surface area (Å²) in [4.78, 5) is 2.36. The van der Waals surface area contributed by atoms with E-state index in [-0.39, 0.29) is 6.61 Å². The number of benzene rings is 2. The van der Waals surface area contributed by atoms with Gasteiger partial charge in [-0.1, -0.05) is 72.3 Å². The molecule has 2 aromatic carbocycles. The lowest BCUT2D eigenvalue weighted by atomic mass is 10.1. The van der Waals surface area contributed by atoms with E-state index in [2.05, 4.69) is 72.5 Å². The molecule has 1 N–H and O–H groups in total. The second kappa shape index (κ2) is 9.19. The molecule has 2 aromatic rings. The summed E-state index contributed by atoms with van der Waals surface area (Å²) < 4.78 is 0. The van der Waals surface area contributed by atoms with Gasteiger partial charge in [-0.3, -0.25) is 4.90 Å². The quantitative estimate of drug-likeness (QED) is 0.798. The van der Waals surface area contributed by atoms with Crippen LogP contribution >= 0.6 is 0 Å². The predicted molar refractivity (Wildman–Crippen MR) is 93.6 cm³/mol. The first-order chi connectivity index (χ1) is 10.8. The number of hydrogen-bond acceptors (Lipinski definition) is 2. The van der Waals surface area contributed by atoms with Gasteiger partial charge in [0.2, 0.25) is 0 Å². The molecule has 2 heteroatoms. The summed E-state index contributed by atoms with van der Waals surface area (Å²) in [5, 5.41) is 9.08. The molecule has 0 aliphatic carbocycles. The van der Waals surface area contributed by atoms with Gasteiger partial charge in [-0.25, -0.2) is 0 Å². The van der Waals surface area contributed by atoms with Crippen LogP contribution in [-0.4, -0.2) is 29.7 Å². The Kier molecular flexibility index (Phi) is 6.88. The van der Waals surface area contributed by atoms with E-state index in [0.29, 0.717) is 0 Å². The van der Waals surface area contributed by atoms with Crippen LogP contribution in [0.25, 0.3) is 6.08 Å². The highest BCUT2D eigenvalue weighted by Gasteiger charge is 2.04. The monoisotopic (exact) mass is 295 g/mol. The molecule has 0 amide bonds. The summed E-state index contributed by atoms with van der Waals surface area (Å²) in [5.41, 5.74) is 3.83. The van der Waals surface area contributed by atoms with Crippen molar-refractivity contribution >= 4 is 6.08 Å². The van der Waals surface area contributed by atoms with Crippen LogP contribution < -0.4 is 0 Å². The third-order valence-corrected chi connectivity index (χ3v) is 3.63. The largest absolute Gasteiger partial charge is 0.396 e. The van der Waals surface area contributed by atoms with Gasteiger partial charge in [0, 0.05) is 26.2 Å². The molecule has 2 nitrogen and oxygen atoms in total. The second-order valence-corrected chi connectivity index (χ2v) is 5.61. The van der Waals surface area contributed by atoms with Crippen LogP contribution in [0, 0.1) is 6.92 Å². The van der Waals surface area contributed by atoms with E-state index in [0.717, 1.165) is 26.1 Å². The van der Waals surface area contributed by atoms with Crippen molar-refractivity contribution in [1.82, 2.24) is 4.90 Å². The highest BCUT2D eigenvalue weighted by Crippen LogP contribution is 2.08. The summed E-state index contributed by atoms with van der Waals surface area (Å²) >= 11 is 0. The van der Waals surface area contributed by atoms with E-state index in [1.165, 1.54) is 16.7 Å². The number of hydrogen-bond donors (Lipinski definition) is 1. The van der Waals surface area contributed by atoms with Gasteiger partial charge >= 0.3 is 0 Å². The fourth-order valence-corrected chi connectivity index (χ4v) is 2.38. The summed E-state index contributed by atoms with van der Waals surface area (Å²) in [5.74, 6) is 0. The molecule has 0 saturated heterocycles. The molecular formula is C20H25NO. The maximum Gasteiger partial charge on any atom is 0.0443 e. The highest BCUT2D eigenvalue weighted by molar-refractivity contribution is 5.48. The van der Waals surface area contributed by atoms with Gasteiger partial charge in [0.05, 0.1) is 0 Å². The van der Waals surface area contributed by atoms with Crippen LogP contribution in [0.4, 0.5) is 0 Å². The molecule has 0 unspecified atom stereocenters. The van der Waals surface area contributed by atoms with Gasteiger partial charge in [-0.15, -0.1) is 0 Å². The Bertz CT molecular complexity index is 560. The van der Waals surface area contributed by atoms with Crippen molar-refractivity contribution in [3.63, 3.8) is 0 Å². The molecule has 0 spiro atoms. The Balaban J connectivity index is 1.93. The molecule has 0 atom stereocenters. The van der Waals surface area contributed by atoms with Crippen molar-refractivity contribution < 1.29 is 5.11 Å². The average Bonchev–Trinajstić information content (AvgIpc) is 2.55. The van der Waals surface area contributed by atoms with E-state index >= 15 is 0 Å². The SMILES string of the molecule is Cc1ccc(CN(CC=Cc2ccccc2)CCCO)cc1. The van der Waals surface area contributed by atoms with Crippen molar-refractivity contribution in [3.8, 4) is 0 Å². The minimum absolute atomic E-state index is 0.243. The van der Waals surface area contributed by atoms with Gasteiger partial charge in [0.15, 0.2) is 0 Å². The van der Waals surface area contributed by atoms with Crippen LogP contribution in [0.5, 0.6) is 0 Å². The molecular weight excluding hydrogens is 270 g/mol.